The van der Waals surface area contributed by atoms with Crippen molar-refractivity contribution in [3.05, 3.63) is 53.1 Å². The Morgan fingerprint density at radius 1 is 1.00 bits per heavy atom. The number of alkyl halides is 3. The van der Waals surface area contributed by atoms with Gasteiger partial charge in [0.15, 0.2) is 0 Å². The van der Waals surface area contributed by atoms with Crippen LogP contribution < -0.4 is 4.90 Å². The van der Waals surface area contributed by atoms with Gasteiger partial charge in [-0.15, -0.1) is 0 Å². The van der Waals surface area contributed by atoms with Crippen LogP contribution in [0.1, 0.15) is 87.8 Å². The van der Waals surface area contributed by atoms with E-state index in [0.29, 0.717) is 69.9 Å². The Morgan fingerprint density at radius 2 is 1.65 bits per heavy atom. The van der Waals surface area contributed by atoms with E-state index in [1.54, 1.807) is 12.4 Å². The zero-order valence-electron chi connectivity index (χ0n) is 27.8. The van der Waals surface area contributed by atoms with Gasteiger partial charge in [0.25, 0.3) is 0 Å². The van der Waals surface area contributed by atoms with Crippen molar-refractivity contribution in [1.82, 2.24) is 19.9 Å². The highest BCUT2D eigenvalue weighted by Gasteiger charge is 2.42. The van der Waals surface area contributed by atoms with Crippen LogP contribution in [0.3, 0.4) is 0 Å². The van der Waals surface area contributed by atoms with Crippen molar-refractivity contribution < 1.29 is 36.6 Å². The van der Waals surface area contributed by atoms with Crippen molar-refractivity contribution in [1.29, 1.82) is 0 Å². The van der Waals surface area contributed by atoms with Gasteiger partial charge in [-0.25, -0.2) is 19.2 Å². The van der Waals surface area contributed by atoms with Crippen molar-refractivity contribution in [3.8, 4) is 0 Å². The van der Waals surface area contributed by atoms with Crippen LogP contribution in [0, 0.1) is 11.7 Å². The summed E-state index contributed by atoms with van der Waals surface area (Å²) in [7, 11) is 3.24. The van der Waals surface area contributed by atoms with Gasteiger partial charge in [0.05, 0.1) is 18.6 Å². The van der Waals surface area contributed by atoms with Crippen LogP contribution in [-0.2, 0) is 27.0 Å². The monoisotopic (exact) mass is 676 g/mol. The zero-order valence-corrected chi connectivity index (χ0v) is 27.8. The predicted molar refractivity (Wildman–Crippen MR) is 171 cm³/mol. The van der Waals surface area contributed by atoms with Crippen LogP contribution >= 0.6 is 0 Å². The largest absolute Gasteiger partial charge is 0.469 e. The Bertz CT molecular complexity index is 1440. The lowest BCUT2D eigenvalue weighted by molar-refractivity contribution is -0.147. The minimum Gasteiger partial charge on any atom is -0.469 e. The fourth-order valence-electron chi connectivity index (χ4n) is 7.22. The molecule has 3 heterocycles. The third kappa shape index (κ3) is 8.18. The third-order valence-corrected chi connectivity index (χ3v) is 9.83. The molecular formula is C34H44F4N6O4. The summed E-state index contributed by atoms with van der Waals surface area (Å²) in [5.41, 5.74) is -0.0626. The lowest BCUT2D eigenvalue weighted by Gasteiger charge is -2.47. The van der Waals surface area contributed by atoms with Gasteiger partial charge < -0.3 is 19.3 Å². The molecule has 0 radical (unpaired) electrons. The highest BCUT2D eigenvalue weighted by molar-refractivity contribution is 5.72. The number of methoxy groups -OCH3 is 1. The van der Waals surface area contributed by atoms with Gasteiger partial charge in [0.1, 0.15) is 11.9 Å². The first kappa shape index (κ1) is 35.3. The predicted octanol–water partition coefficient (Wildman–Crippen LogP) is 6.55. The second-order valence-electron chi connectivity index (χ2n) is 13.0. The Labute approximate surface area is 278 Å². The van der Waals surface area contributed by atoms with E-state index in [4.69, 9.17) is 9.47 Å². The normalized spacial score (nSPS) is 26.0. The minimum absolute atomic E-state index is 0.00812. The number of hydrogen-bond acceptors (Lipinski definition) is 9. The van der Waals surface area contributed by atoms with E-state index in [1.807, 2.05) is 41.9 Å². The molecule has 0 N–H and O–H groups in total. The fraction of sp³-hybridized carbons (Fsp3) is 0.618. The van der Waals surface area contributed by atoms with Crippen LogP contribution in [0.4, 0.5) is 28.3 Å². The molecule has 1 unspecified atom stereocenters. The fourth-order valence-corrected chi connectivity index (χ4v) is 7.22. The van der Waals surface area contributed by atoms with Crippen LogP contribution in [-0.4, -0.2) is 83.1 Å². The number of likely N-dealkylation sites (N-methyl/N-ethyl adjacent to an activating group) is 1. The van der Waals surface area contributed by atoms with Gasteiger partial charge in [-0.05, 0) is 80.7 Å². The van der Waals surface area contributed by atoms with E-state index in [0.717, 1.165) is 17.7 Å². The lowest BCUT2D eigenvalue weighted by atomic mass is 9.87. The van der Waals surface area contributed by atoms with Gasteiger partial charge in [-0.3, -0.25) is 9.80 Å². The number of anilines is 1. The summed E-state index contributed by atoms with van der Waals surface area (Å²) in [6, 6.07) is 1.85. The molecule has 2 aliphatic heterocycles. The van der Waals surface area contributed by atoms with E-state index in [2.05, 4.69) is 15.1 Å². The SMILES string of the molecule is CC[C@@H]1C[C@H](N(Cc2cc(F)cc(C(F)(F)F)c2)c2ncc(C3C=NN(C)C3)cn2)C[C@H](CC)N1C(=O)O[C@H]1CC[C@H](C(=O)OC)CC1. The number of benzene rings is 1. The number of hydrazone groups is 1. The van der Waals surface area contributed by atoms with Gasteiger partial charge in [0.2, 0.25) is 5.95 Å². The molecule has 0 bridgehead atoms. The number of carbonyl (C=O) groups excluding carboxylic acids is 2. The summed E-state index contributed by atoms with van der Waals surface area (Å²) in [4.78, 5) is 38.6. The van der Waals surface area contributed by atoms with Crippen LogP contribution in [0.2, 0.25) is 0 Å². The molecule has 14 heteroatoms. The molecule has 1 aromatic heterocycles. The molecule has 48 heavy (non-hydrogen) atoms. The zero-order chi connectivity index (χ0) is 34.6. The minimum atomic E-state index is -4.71. The molecule has 10 nitrogen and oxygen atoms in total. The van der Waals surface area contributed by atoms with Gasteiger partial charge in [0, 0.05) is 62.8 Å². The number of hydrogen-bond donors (Lipinski definition) is 0. The maximum Gasteiger partial charge on any atom is 0.416 e. The summed E-state index contributed by atoms with van der Waals surface area (Å²) in [6.45, 7) is 4.59. The molecule has 1 aromatic carbocycles. The summed E-state index contributed by atoms with van der Waals surface area (Å²) in [5, 5.41) is 6.09. The number of piperidine rings is 1. The molecule has 5 rings (SSSR count). The maximum atomic E-state index is 14.5. The quantitative estimate of drug-likeness (QED) is 0.218. The highest BCUT2D eigenvalue weighted by Crippen LogP contribution is 2.36. The van der Waals surface area contributed by atoms with Gasteiger partial charge >= 0.3 is 18.2 Å². The molecule has 0 spiro atoms. The smallest absolute Gasteiger partial charge is 0.416 e. The molecule has 2 aromatic rings. The molecule has 1 saturated heterocycles. The number of nitrogens with zero attached hydrogens (tertiary/aromatic N) is 6. The molecule has 1 amide bonds. The summed E-state index contributed by atoms with van der Waals surface area (Å²) in [5.74, 6) is -1.08. The van der Waals surface area contributed by atoms with Crippen LogP contribution in [0.5, 0.6) is 0 Å². The lowest BCUT2D eigenvalue weighted by Crippen LogP contribution is -2.57. The topological polar surface area (TPSA) is 100 Å². The Balaban J connectivity index is 1.38. The molecule has 3 aliphatic rings. The number of ether oxygens (including phenoxy) is 2. The first-order chi connectivity index (χ1) is 22.9. The maximum absolute atomic E-state index is 14.5. The van der Waals surface area contributed by atoms with Crippen molar-refractivity contribution in [2.75, 3.05) is 25.6 Å². The summed E-state index contributed by atoms with van der Waals surface area (Å²) < 4.78 is 66.3. The highest BCUT2D eigenvalue weighted by atomic mass is 19.4. The molecule has 262 valence electrons. The van der Waals surface area contributed by atoms with Crippen molar-refractivity contribution in [2.45, 2.75) is 108 Å². The second-order valence-corrected chi connectivity index (χ2v) is 13.0. The average Bonchev–Trinajstić information content (AvgIpc) is 3.52. The summed E-state index contributed by atoms with van der Waals surface area (Å²) >= 11 is 0. The number of likely N-dealkylation sites (tertiary alicyclic amines) is 1. The third-order valence-electron chi connectivity index (χ3n) is 9.83. The van der Waals surface area contributed by atoms with Crippen molar-refractivity contribution >= 4 is 24.2 Å². The average molecular weight is 677 g/mol. The van der Waals surface area contributed by atoms with E-state index in [1.165, 1.54) is 7.11 Å². The number of esters is 1. The Kier molecular flexibility index (Phi) is 11.1. The molecule has 1 aliphatic carbocycles. The Morgan fingerprint density at radius 3 is 2.19 bits per heavy atom. The van der Waals surface area contributed by atoms with E-state index < -0.39 is 23.7 Å². The molecule has 2 fully saturated rings. The van der Waals surface area contributed by atoms with Crippen molar-refractivity contribution in [2.24, 2.45) is 11.0 Å². The van der Waals surface area contributed by atoms with E-state index >= 15 is 0 Å². The first-order valence-electron chi connectivity index (χ1n) is 16.7. The number of halogens is 4. The van der Waals surface area contributed by atoms with Crippen LogP contribution in [0.25, 0.3) is 0 Å². The van der Waals surface area contributed by atoms with Gasteiger partial charge in [-0.2, -0.15) is 18.3 Å². The Hall–Kier alpha value is -3.97. The van der Waals surface area contributed by atoms with E-state index in [9.17, 15) is 27.2 Å². The number of carbonyl (C=O) groups is 2. The molecular weight excluding hydrogens is 632 g/mol. The van der Waals surface area contributed by atoms with Crippen LogP contribution in [0.15, 0.2) is 35.7 Å². The summed E-state index contributed by atoms with van der Waals surface area (Å²) in [6.07, 6.45) is 4.38. The number of aromatic nitrogens is 2. The van der Waals surface area contributed by atoms with Crippen molar-refractivity contribution in [3.63, 3.8) is 0 Å². The first-order valence-corrected chi connectivity index (χ1v) is 16.7. The van der Waals surface area contributed by atoms with Gasteiger partial charge in [-0.1, -0.05) is 13.8 Å². The molecule has 4 atom stereocenters. The number of rotatable bonds is 9. The van der Waals surface area contributed by atoms with E-state index in [-0.39, 0.29) is 54.1 Å². The molecule has 1 saturated carbocycles. The second kappa shape index (κ2) is 15.1. The number of amides is 1. The standard InChI is InChI=1S/C34H44F4N6O4/c1-5-27-14-29(15-28(6-2)44(27)33(46)48-30-9-7-22(8-10-30)31(45)47-4)43(19-21-11-25(34(36,37)38)13-26(35)12-21)32-39-16-23(17-40-32)24-18-41-42(3)20-24/h11-13,16-18,22,24,27-30H,5-10,14-15,19-20H2,1-4H3/t22-,24?,27-,28+,29+,30-.